The van der Waals surface area contributed by atoms with E-state index >= 15 is 0 Å². The van der Waals surface area contributed by atoms with Crippen LogP contribution in [0.25, 0.3) is 6.08 Å². The summed E-state index contributed by atoms with van der Waals surface area (Å²) in [5, 5.41) is 0.260. The van der Waals surface area contributed by atoms with E-state index in [0.717, 1.165) is 23.1 Å². The lowest BCUT2D eigenvalue weighted by atomic mass is 10.2. The van der Waals surface area contributed by atoms with Gasteiger partial charge in [-0.15, -0.1) is 0 Å². The summed E-state index contributed by atoms with van der Waals surface area (Å²) < 4.78 is 16.9. The van der Waals surface area contributed by atoms with Crippen LogP contribution in [0.15, 0.2) is 58.4 Å². The van der Waals surface area contributed by atoms with Gasteiger partial charge >= 0.3 is 0 Å². The highest BCUT2D eigenvalue weighted by Gasteiger charge is 2.20. The fraction of sp³-hybridized carbons (Fsp3) is 0.238. The molecule has 0 radical (unpaired) electrons. The van der Waals surface area contributed by atoms with Gasteiger partial charge in [-0.25, -0.2) is 0 Å². The second kappa shape index (κ2) is 9.96. The van der Waals surface area contributed by atoms with E-state index in [-0.39, 0.29) is 11.1 Å². The fourth-order valence-corrected chi connectivity index (χ4v) is 3.14. The first-order chi connectivity index (χ1) is 13.6. The van der Waals surface area contributed by atoms with Crippen molar-refractivity contribution < 1.29 is 19.0 Å². The van der Waals surface area contributed by atoms with Crippen molar-refractivity contribution in [3.05, 3.63) is 64.6 Å². The number of carbonyl (C=O) groups is 1. The van der Waals surface area contributed by atoms with E-state index in [4.69, 9.17) is 19.9 Å². The van der Waals surface area contributed by atoms with Gasteiger partial charge in [-0.2, -0.15) is 4.99 Å². The summed E-state index contributed by atoms with van der Waals surface area (Å²) in [6, 6.07) is 15.4. The highest BCUT2D eigenvalue weighted by Crippen LogP contribution is 2.29. The molecule has 146 valence electrons. The van der Waals surface area contributed by atoms with E-state index in [9.17, 15) is 4.79 Å². The molecule has 6 nitrogen and oxygen atoms in total. The third kappa shape index (κ3) is 5.87. The number of hydrogen-bond donors (Lipinski definition) is 1. The molecule has 0 atom stereocenters. The van der Waals surface area contributed by atoms with Crippen LogP contribution >= 0.6 is 11.8 Å². The fourth-order valence-electron chi connectivity index (χ4n) is 2.46. The van der Waals surface area contributed by atoms with E-state index in [1.165, 1.54) is 5.56 Å². The summed E-state index contributed by atoms with van der Waals surface area (Å²) in [4.78, 5) is 15.9. The van der Waals surface area contributed by atoms with Crippen LogP contribution in [0.1, 0.15) is 11.1 Å². The Morgan fingerprint density at radius 2 is 1.71 bits per heavy atom. The number of nitrogens with two attached hydrogens (primary N) is 1. The number of amides is 1. The molecule has 0 bridgehead atoms. The summed E-state index contributed by atoms with van der Waals surface area (Å²) in [7, 11) is 0. The lowest BCUT2D eigenvalue weighted by Gasteiger charge is -2.10. The molecule has 7 heteroatoms. The van der Waals surface area contributed by atoms with Gasteiger partial charge in [0.15, 0.2) is 5.17 Å². The summed E-state index contributed by atoms with van der Waals surface area (Å²) in [5.74, 6) is 1.18. The topological polar surface area (TPSA) is 83.1 Å². The second-order valence-corrected chi connectivity index (χ2v) is 7.09. The maximum absolute atomic E-state index is 11.8. The van der Waals surface area contributed by atoms with Gasteiger partial charge in [-0.3, -0.25) is 4.79 Å². The van der Waals surface area contributed by atoms with E-state index in [1.54, 1.807) is 6.08 Å². The monoisotopic (exact) mass is 398 g/mol. The molecule has 0 fully saturated rings. The minimum atomic E-state index is -0.325. The van der Waals surface area contributed by atoms with Crippen LogP contribution in [0.3, 0.4) is 0 Å². The summed E-state index contributed by atoms with van der Waals surface area (Å²) in [6.07, 6.45) is 1.74. The standard InChI is InChI=1S/C21H22N2O4S/c1-15-6-8-17(9-7-15)26-12-10-25-11-13-27-18-5-3-2-4-16(18)14-19-20(24)23-21(22)28-19/h2-9,14H,10-13H2,1H3,(H2,22,23,24). The van der Waals surface area contributed by atoms with Crippen molar-refractivity contribution in [2.45, 2.75) is 6.92 Å². The number of nitrogens with zero attached hydrogens (tertiary/aromatic N) is 1. The first kappa shape index (κ1) is 20.0. The molecule has 0 spiro atoms. The second-order valence-electron chi connectivity index (χ2n) is 6.03. The summed E-state index contributed by atoms with van der Waals surface area (Å²) in [5.41, 5.74) is 7.58. The van der Waals surface area contributed by atoms with Crippen LogP contribution in [0.2, 0.25) is 0 Å². The van der Waals surface area contributed by atoms with Crippen molar-refractivity contribution >= 4 is 28.9 Å². The molecule has 0 aliphatic carbocycles. The normalized spacial score (nSPS) is 15.0. The molecule has 1 aliphatic rings. The molecule has 3 rings (SSSR count). The van der Waals surface area contributed by atoms with E-state index in [0.29, 0.717) is 37.1 Å². The third-order valence-electron chi connectivity index (χ3n) is 3.85. The van der Waals surface area contributed by atoms with E-state index in [1.807, 2.05) is 55.5 Å². The van der Waals surface area contributed by atoms with Crippen molar-refractivity contribution in [3.8, 4) is 11.5 Å². The van der Waals surface area contributed by atoms with Crippen LogP contribution in [0, 0.1) is 6.92 Å². The van der Waals surface area contributed by atoms with Crippen LogP contribution in [-0.4, -0.2) is 37.5 Å². The Kier molecular flexibility index (Phi) is 7.11. The lowest BCUT2D eigenvalue weighted by Crippen LogP contribution is -2.12. The minimum Gasteiger partial charge on any atom is -0.491 e. The van der Waals surface area contributed by atoms with Gasteiger partial charge in [0.05, 0.1) is 18.1 Å². The molecule has 1 aliphatic heterocycles. The van der Waals surface area contributed by atoms with Crippen molar-refractivity contribution in [1.29, 1.82) is 0 Å². The Morgan fingerprint density at radius 3 is 2.43 bits per heavy atom. The number of aryl methyl sites for hydroxylation is 1. The quantitative estimate of drug-likeness (QED) is 0.515. The van der Waals surface area contributed by atoms with Crippen molar-refractivity contribution in [3.63, 3.8) is 0 Å². The number of rotatable bonds is 9. The van der Waals surface area contributed by atoms with E-state index < -0.39 is 0 Å². The molecule has 0 saturated heterocycles. The van der Waals surface area contributed by atoms with Crippen LogP contribution in [0.5, 0.6) is 11.5 Å². The van der Waals surface area contributed by atoms with Gasteiger partial charge < -0.3 is 19.9 Å². The Balaban J connectivity index is 1.40. The van der Waals surface area contributed by atoms with Gasteiger partial charge in [0.25, 0.3) is 5.91 Å². The zero-order valence-electron chi connectivity index (χ0n) is 15.6. The third-order valence-corrected chi connectivity index (χ3v) is 4.66. The number of carbonyl (C=O) groups excluding carboxylic acids is 1. The Hall–Kier alpha value is -2.77. The largest absolute Gasteiger partial charge is 0.491 e. The number of hydrogen-bond acceptors (Lipinski definition) is 6. The summed E-state index contributed by atoms with van der Waals surface area (Å²) in [6.45, 7) is 3.82. The summed E-state index contributed by atoms with van der Waals surface area (Å²) >= 11 is 1.16. The zero-order chi connectivity index (χ0) is 19.8. The van der Waals surface area contributed by atoms with Gasteiger partial charge in [0, 0.05) is 5.56 Å². The molecule has 2 aromatic rings. The minimum absolute atomic E-state index is 0.260. The first-order valence-corrected chi connectivity index (χ1v) is 9.70. The number of amidine groups is 1. The predicted octanol–water partition coefficient (Wildman–Crippen LogP) is 3.40. The smallest absolute Gasteiger partial charge is 0.286 e. The van der Waals surface area contributed by atoms with Crippen molar-refractivity contribution in [2.24, 2.45) is 10.7 Å². The molecular weight excluding hydrogens is 376 g/mol. The number of ether oxygens (including phenoxy) is 3. The lowest BCUT2D eigenvalue weighted by molar-refractivity contribution is -0.113. The van der Waals surface area contributed by atoms with Gasteiger partial charge in [0.2, 0.25) is 0 Å². The number of benzene rings is 2. The maximum Gasteiger partial charge on any atom is 0.286 e. The molecule has 1 amide bonds. The Bertz CT molecular complexity index is 878. The van der Waals surface area contributed by atoms with Crippen molar-refractivity contribution in [1.82, 2.24) is 0 Å². The molecule has 0 unspecified atom stereocenters. The van der Waals surface area contributed by atoms with Crippen molar-refractivity contribution in [2.75, 3.05) is 26.4 Å². The average molecular weight is 398 g/mol. The van der Waals surface area contributed by atoms with E-state index in [2.05, 4.69) is 4.99 Å². The predicted molar refractivity (Wildman–Crippen MR) is 112 cm³/mol. The van der Waals surface area contributed by atoms with Crippen LogP contribution < -0.4 is 15.2 Å². The molecule has 0 saturated carbocycles. The molecule has 2 N–H and O–H groups in total. The molecule has 2 aromatic carbocycles. The number of aliphatic imine (C=N–C) groups is 1. The molecular formula is C21H22N2O4S. The highest BCUT2D eigenvalue weighted by atomic mass is 32.2. The number of para-hydroxylation sites is 1. The van der Waals surface area contributed by atoms with Crippen LogP contribution in [0.4, 0.5) is 0 Å². The number of thioether (sulfide) groups is 1. The SMILES string of the molecule is Cc1ccc(OCCOCCOc2ccccc2C=C2SC(N)=NC2=O)cc1. The van der Waals surface area contributed by atoms with Crippen LogP contribution in [-0.2, 0) is 9.53 Å². The van der Waals surface area contributed by atoms with Gasteiger partial charge in [-0.1, -0.05) is 35.9 Å². The first-order valence-electron chi connectivity index (χ1n) is 8.89. The molecule has 0 aromatic heterocycles. The molecule has 1 heterocycles. The Labute approximate surface area is 168 Å². The Morgan fingerprint density at radius 1 is 1.00 bits per heavy atom. The average Bonchev–Trinajstić information content (AvgIpc) is 3.00. The maximum atomic E-state index is 11.8. The van der Waals surface area contributed by atoms with Gasteiger partial charge in [0.1, 0.15) is 24.7 Å². The van der Waals surface area contributed by atoms with Gasteiger partial charge in [-0.05, 0) is 43.0 Å². The zero-order valence-corrected chi connectivity index (χ0v) is 16.4. The highest BCUT2D eigenvalue weighted by molar-refractivity contribution is 8.18. The molecule has 28 heavy (non-hydrogen) atoms.